The third-order valence-electron chi connectivity index (χ3n) is 1.39. The Balaban J connectivity index is 3.78. The average Bonchev–Trinajstić information content (AvgIpc) is 1.88. The Morgan fingerprint density at radius 1 is 1.45 bits per heavy atom. The number of nitrogens with one attached hydrogen (secondary N) is 2. The Hall–Kier alpha value is -0.650. The van der Waals surface area contributed by atoms with Crippen molar-refractivity contribution in [3.8, 4) is 0 Å². The molecule has 66 valence electrons. The number of rotatable bonds is 5. The summed E-state index contributed by atoms with van der Waals surface area (Å²) in [4.78, 5) is 10.1. The van der Waals surface area contributed by atoms with Crippen LogP contribution in [-0.4, -0.2) is 42.5 Å². The number of carboxylic acids is 1. The summed E-state index contributed by atoms with van der Waals surface area (Å²) in [5, 5.41) is 22.9. The van der Waals surface area contributed by atoms with Crippen LogP contribution in [0.15, 0.2) is 0 Å². The first-order valence-corrected chi connectivity index (χ1v) is 3.36. The van der Waals surface area contributed by atoms with Crippen LogP contribution in [0.3, 0.4) is 0 Å². The Morgan fingerprint density at radius 3 is 2.18 bits per heavy atom. The van der Waals surface area contributed by atoms with Crippen LogP contribution in [0.25, 0.3) is 0 Å². The van der Waals surface area contributed by atoms with Crippen LogP contribution in [0, 0.1) is 0 Å². The summed E-state index contributed by atoms with van der Waals surface area (Å²) in [5.74, 6) is -1.01. The van der Waals surface area contributed by atoms with E-state index < -0.39 is 12.1 Å². The van der Waals surface area contributed by atoms with E-state index in [1.54, 1.807) is 14.1 Å². The molecule has 1 atom stereocenters. The molecule has 0 spiro atoms. The molecule has 11 heavy (non-hydrogen) atoms. The molecule has 5 heteroatoms. The highest BCUT2D eigenvalue weighted by molar-refractivity contribution is 5.67. The maximum atomic E-state index is 10.1. The van der Waals surface area contributed by atoms with E-state index in [-0.39, 0.29) is 12.6 Å². The summed E-state index contributed by atoms with van der Waals surface area (Å²) in [6, 6.07) is 0. The van der Waals surface area contributed by atoms with Crippen LogP contribution in [-0.2, 0) is 4.79 Å². The molecule has 0 saturated carbocycles. The first kappa shape index (κ1) is 10.3. The zero-order valence-electron chi connectivity index (χ0n) is 6.66. The molecule has 0 aliphatic heterocycles. The quantitative estimate of drug-likeness (QED) is 0.373. The van der Waals surface area contributed by atoms with E-state index in [1.807, 2.05) is 0 Å². The minimum Gasteiger partial charge on any atom is -0.481 e. The molecule has 0 aliphatic carbocycles. The smallest absolute Gasteiger partial charge is 0.306 e. The highest BCUT2D eigenvalue weighted by atomic mass is 16.4. The Bertz CT molecular complexity index is 125. The van der Waals surface area contributed by atoms with Gasteiger partial charge in [-0.3, -0.25) is 4.79 Å². The van der Waals surface area contributed by atoms with E-state index in [0.29, 0.717) is 0 Å². The second-order valence-corrected chi connectivity index (χ2v) is 2.22. The Labute approximate surface area is 65.4 Å². The van der Waals surface area contributed by atoms with Gasteiger partial charge < -0.3 is 20.8 Å². The molecule has 4 N–H and O–H groups in total. The fourth-order valence-electron chi connectivity index (χ4n) is 0.826. The lowest BCUT2D eigenvalue weighted by Gasteiger charge is -2.19. The predicted molar refractivity (Wildman–Crippen MR) is 40.2 cm³/mol. The topological polar surface area (TPSA) is 81.6 Å². The molecule has 0 radical (unpaired) electrons. The van der Waals surface area contributed by atoms with Crippen LogP contribution in [0.5, 0.6) is 0 Å². The van der Waals surface area contributed by atoms with Gasteiger partial charge in [0.1, 0.15) is 0 Å². The van der Waals surface area contributed by atoms with Gasteiger partial charge in [-0.2, -0.15) is 0 Å². The zero-order chi connectivity index (χ0) is 8.85. The van der Waals surface area contributed by atoms with Gasteiger partial charge in [0.05, 0.1) is 18.7 Å². The summed E-state index contributed by atoms with van der Waals surface area (Å²) >= 11 is 0. The lowest BCUT2D eigenvalue weighted by molar-refractivity contribution is -0.139. The first-order valence-electron chi connectivity index (χ1n) is 3.36. The van der Waals surface area contributed by atoms with Gasteiger partial charge in [-0.05, 0) is 14.1 Å². The van der Waals surface area contributed by atoms with Gasteiger partial charge >= 0.3 is 5.97 Å². The maximum Gasteiger partial charge on any atom is 0.306 e. The molecule has 0 bridgehead atoms. The molecule has 0 aromatic heterocycles. The SMILES string of the molecule is CNC(NC)C(O)CC(=O)O. The number of hydrogen-bond acceptors (Lipinski definition) is 4. The van der Waals surface area contributed by atoms with Crippen LogP contribution in [0.1, 0.15) is 6.42 Å². The fourth-order valence-corrected chi connectivity index (χ4v) is 0.826. The van der Waals surface area contributed by atoms with Gasteiger partial charge in [0.15, 0.2) is 0 Å². The van der Waals surface area contributed by atoms with E-state index in [9.17, 15) is 9.90 Å². The standard InChI is InChI=1S/C6H14N2O3/c1-7-6(8-2)4(9)3-5(10)11/h4,6-9H,3H2,1-2H3,(H,10,11). The fraction of sp³-hybridized carbons (Fsp3) is 0.833. The highest BCUT2D eigenvalue weighted by Crippen LogP contribution is 1.94. The highest BCUT2D eigenvalue weighted by Gasteiger charge is 2.17. The second kappa shape index (κ2) is 5.06. The van der Waals surface area contributed by atoms with E-state index in [2.05, 4.69) is 10.6 Å². The third kappa shape index (κ3) is 3.92. The normalized spacial score (nSPS) is 13.5. The molecule has 1 unspecified atom stereocenters. The van der Waals surface area contributed by atoms with Crippen molar-refractivity contribution in [1.29, 1.82) is 0 Å². The molecule has 5 nitrogen and oxygen atoms in total. The maximum absolute atomic E-state index is 10.1. The number of hydrogen-bond donors (Lipinski definition) is 4. The van der Waals surface area contributed by atoms with E-state index in [4.69, 9.17) is 5.11 Å². The van der Waals surface area contributed by atoms with Crippen molar-refractivity contribution in [2.45, 2.75) is 18.7 Å². The van der Waals surface area contributed by atoms with Crippen molar-refractivity contribution < 1.29 is 15.0 Å². The molecular weight excluding hydrogens is 148 g/mol. The number of likely N-dealkylation sites (N-methyl/N-ethyl adjacent to an activating group) is 2. The number of aliphatic hydroxyl groups is 1. The van der Waals surface area contributed by atoms with E-state index in [0.717, 1.165) is 0 Å². The summed E-state index contributed by atoms with van der Waals surface area (Å²) in [6.07, 6.45) is -1.53. The second-order valence-electron chi connectivity index (χ2n) is 2.22. The van der Waals surface area contributed by atoms with E-state index >= 15 is 0 Å². The van der Waals surface area contributed by atoms with Gasteiger partial charge in [0.2, 0.25) is 0 Å². The molecule has 0 aromatic rings. The summed E-state index contributed by atoms with van der Waals surface area (Å²) in [6.45, 7) is 0. The lowest BCUT2D eigenvalue weighted by Crippen LogP contribution is -2.48. The predicted octanol–water partition coefficient (Wildman–Crippen LogP) is -1.41. The minimum absolute atomic E-state index is 0.258. The number of aliphatic hydroxyl groups excluding tert-OH is 1. The number of carbonyl (C=O) groups is 1. The molecule has 0 rings (SSSR count). The van der Waals surface area contributed by atoms with Gasteiger partial charge in [0, 0.05) is 0 Å². The van der Waals surface area contributed by atoms with Crippen LogP contribution in [0.4, 0.5) is 0 Å². The molecule has 0 heterocycles. The molecule has 0 fully saturated rings. The summed E-state index contributed by atoms with van der Waals surface area (Å²) < 4.78 is 0. The molecule has 0 saturated heterocycles. The monoisotopic (exact) mass is 162 g/mol. The Kier molecular flexibility index (Phi) is 4.76. The number of aliphatic carboxylic acids is 1. The molecule has 0 amide bonds. The zero-order valence-corrected chi connectivity index (χ0v) is 6.66. The van der Waals surface area contributed by atoms with Crippen LogP contribution < -0.4 is 10.6 Å². The minimum atomic E-state index is -1.01. The van der Waals surface area contributed by atoms with Crippen molar-refractivity contribution in [1.82, 2.24) is 10.6 Å². The van der Waals surface area contributed by atoms with Crippen molar-refractivity contribution in [3.63, 3.8) is 0 Å². The first-order chi connectivity index (χ1) is 5.11. The van der Waals surface area contributed by atoms with E-state index in [1.165, 1.54) is 0 Å². The molecule has 0 aromatic carbocycles. The van der Waals surface area contributed by atoms with Crippen molar-refractivity contribution in [2.75, 3.05) is 14.1 Å². The molecular formula is C6H14N2O3. The Morgan fingerprint density at radius 2 is 1.91 bits per heavy atom. The largest absolute Gasteiger partial charge is 0.481 e. The lowest BCUT2D eigenvalue weighted by atomic mass is 10.2. The van der Waals surface area contributed by atoms with Crippen molar-refractivity contribution in [3.05, 3.63) is 0 Å². The molecule has 0 aliphatic rings. The van der Waals surface area contributed by atoms with Gasteiger partial charge in [0.25, 0.3) is 0 Å². The summed E-state index contributed by atoms with van der Waals surface area (Å²) in [5.41, 5.74) is 0. The van der Waals surface area contributed by atoms with Crippen molar-refractivity contribution in [2.24, 2.45) is 0 Å². The van der Waals surface area contributed by atoms with Crippen molar-refractivity contribution >= 4 is 5.97 Å². The third-order valence-corrected chi connectivity index (χ3v) is 1.39. The van der Waals surface area contributed by atoms with Gasteiger partial charge in [-0.25, -0.2) is 0 Å². The van der Waals surface area contributed by atoms with Crippen LogP contribution in [0.2, 0.25) is 0 Å². The summed E-state index contributed by atoms with van der Waals surface area (Å²) in [7, 11) is 3.29. The van der Waals surface area contributed by atoms with Gasteiger partial charge in [-0.1, -0.05) is 0 Å². The van der Waals surface area contributed by atoms with Gasteiger partial charge in [-0.15, -0.1) is 0 Å². The van der Waals surface area contributed by atoms with Crippen LogP contribution >= 0.6 is 0 Å². The average molecular weight is 162 g/mol. The number of carboxylic acid groups (broad SMARTS) is 1.